The van der Waals surface area contributed by atoms with Crippen LogP contribution in [-0.4, -0.2) is 10.6 Å². The highest BCUT2D eigenvalue weighted by atomic mass is 14.9. The molecule has 0 radical (unpaired) electrons. The first-order valence-electron chi connectivity index (χ1n) is 5.07. The molecule has 2 heteroatoms. The van der Waals surface area contributed by atoms with Crippen LogP contribution >= 0.6 is 0 Å². The van der Waals surface area contributed by atoms with Crippen molar-refractivity contribution in [3.63, 3.8) is 0 Å². The van der Waals surface area contributed by atoms with E-state index in [1.807, 2.05) is 0 Å². The standard InChI is InChI=1S/C12H14N2/c1-14-6-5-9-8(10-7-11(10)13)3-2-4-12(9)14/h2-6,10-11H,7,13H2,1H3/t10-,11+/m0/s1. The molecule has 2 atom stereocenters. The maximum absolute atomic E-state index is 5.89. The molecule has 1 aromatic carbocycles. The fourth-order valence-electron chi connectivity index (χ4n) is 2.22. The average Bonchev–Trinajstić information content (AvgIpc) is 2.79. The first kappa shape index (κ1) is 8.06. The van der Waals surface area contributed by atoms with Gasteiger partial charge in [-0.3, -0.25) is 0 Å². The molecule has 1 heterocycles. The summed E-state index contributed by atoms with van der Waals surface area (Å²) in [5.74, 6) is 0.598. The van der Waals surface area contributed by atoms with E-state index in [-0.39, 0.29) is 0 Å². The molecule has 0 saturated heterocycles. The second-order valence-corrected chi connectivity index (χ2v) is 4.21. The number of nitrogens with two attached hydrogens (primary N) is 1. The Balaban J connectivity index is 2.23. The molecule has 2 N–H and O–H groups in total. The number of aryl methyl sites for hydroxylation is 1. The van der Waals surface area contributed by atoms with Crippen LogP contribution in [0.2, 0.25) is 0 Å². The van der Waals surface area contributed by atoms with Crippen LogP contribution in [0.3, 0.4) is 0 Å². The van der Waals surface area contributed by atoms with E-state index in [0.29, 0.717) is 12.0 Å². The lowest BCUT2D eigenvalue weighted by Crippen LogP contribution is -2.01. The molecule has 0 unspecified atom stereocenters. The highest BCUT2D eigenvalue weighted by molar-refractivity contribution is 5.84. The zero-order valence-electron chi connectivity index (χ0n) is 8.27. The summed E-state index contributed by atoms with van der Waals surface area (Å²) >= 11 is 0. The summed E-state index contributed by atoms with van der Waals surface area (Å²) in [4.78, 5) is 0. The SMILES string of the molecule is Cn1ccc2c([C@@H]3C[C@H]3N)cccc21. The summed E-state index contributed by atoms with van der Waals surface area (Å²) < 4.78 is 2.16. The molecule has 3 rings (SSSR count). The molecule has 1 fully saturated rings. The van der Waals surface area contributed by atoms with Crippen molar-refractivity contribution in [2.24, 2.45) is 12.8 Å². The molecule has 0 bridgehead atoms. The molecule has 1 aliphatic rings. The van der Waals surface area contributed by atoms with Crippen molar-refractivity contribution in [3.8, 4) is 0 Å². The maximum Gasteiger partial charge on any atom is 0.0480 e. The van der Waals surface area contributed by atoms with Gasteiger partial charge in [-0.25, -0.2) is 0 Å². The van der Waals surface area contributed by atoms with Crippen LogP contribution in [-0.2, 0) is 7.05 Å². The van der Waals surface area contributed by atoms with Crippen LogP contribution in [0.5, 0.6) is 0 Å². The highest BCUT2D eigenvalue weighted by Crippen LogP contribution is 2.42. The van der Waals surface area contributed by atoms with E-state index in [2.05, 4.69) is 42.1 Å². The zero-order chi connectivity index (χ0) is 9.71. The number of fused-ring (bicyclic) bond motifs is 1. The van der Waals surface area contributed by atoms with Crippen molar-refractivity contribution in [3.05, 3.63) is 36.0 Å². The van der Waals surface area contributed by atoms with E-state index in [1.54, 1.807) is 0 Å². The number of hydrogen-bond acceptors (Lipinski definition) is 1. The Morgan fingerprint density at radius 1 is 1.36 bits per heavy atom. The summed E-state index contributed by atoms with van der Waals surface area (Å²) in [5, 5.41) is 1.37. The first-order valence-corrected chi connectivity index (χ1v) is 5.07. The molecule has 0 spiro atoms. The molecule has 0 aliphatic heterocycles. The smallest absolute Gasteiger partial charge is 0.0480 e. The van der Waals surface area contributed by atoms with E-state index in [9.17, 15) is 0 Å². The summed E-state index contributed by atoms with van der Waals surface area (Å²) in [7, 11) is 2.08. The summed E-state index contributed by atoms with van der Waals surface area (Å²) in [6, 6.07) is 9.08. The van der Waals surface area contributed by atoms with Crippen molar-refractivity contribution in [1.82, 2.24) is 4.57 Å². The normalized spacial score (nSPS) is 25.6. The van der Waals surface area contributed by atoms with Gasteiger partial charge in [0.25, 0.3) is 0 Å². The lowest BCUT2D eigenvalue weighted by molar-refractivity contribution is 0.967. The molecule has 2 aromatic rings. The Bertz CT molecular complexity index is 484. The second-order valence-electron chi connectivity index (χ2n) is 4.21. The molecule has 1 aliphatic carbocycles. The highest BCUT2D eigenvalue weighted by Gasteiger charge is 2.35. The van der Waals surface area contributed by atoms with E-state index < -0.39 is 0 Å². The van der Waals surface area contributed by atoms with Crippen molar-refractivity contribution >= 4 is 10.9 Å². The van der Waals surface area contributed by atoms with Gasteiger partial charge in [-0.15, -0.1) is 0 Å². The van der Waals surface area contributed by atoms with Crippen molar-refractivity contribution in [2.45, 2.75) is 18.4 Å². The molecule has 1 aromatic heterocycles. The molecule has 2 nitrogen and oxygen atoms in total. The Labute approximate surface area is 83.3 Å². The van der Waals surface area contributed by atoms with Gasteiger partial charge in [0, 0.05) is 36.1 Å². The lowest BCUT2D eigenvalue weighted by atomic mass is 10.1. The minimum Gasteiger partial charge on any atom is -0.351 e. The summed E-state index contributed by atoms with van der Waals surface area (Å²) in [6.07, 6.45) is 3.26. The molecule has 0 amide bonds. The topological polar surface area (TPSA) is 30.9 Å². The molecular weight excluding hydrogens is 172 g/mol. The number of nitrogens with zero attached hydrogens (tertiary/aromatic N) is 1. The predicted molar refractivity (Wildman–Crippen MR) is 58.3 cm³/mol. The van der Waals surface area contributed by atoms with Gasteiger partial charge < -0.3 is 10.3 Å². The Kier molecular flexibility index (Phi) is 1.50. The molecular formula is C12H14N2. The van der Waals surface area contributed by atoms with E-state index in [4.69, 9.17) is 5.73 Å². The predicted octanol–water partition coefficient (Wildman–Crippen LogP) is 1.99. The van der Waals surface area contributed by atoms with Crippen molar-refractivity contribution < 1.29 is 0 Å². The van der Waals surface area contributed by atoms with Gasteiger partial charge in [-0.2, -0.15) is 0 Å². The van der Waals surface area contributed by atoms with Gasteiger partial charge in [0.15, 0.2) is 0 Å². The van der Waals surface area contributed by atoms with Gasteiger partial charge in [0.2, 0.25) is 0 Å². The van der Waals surface area contributed by atoms with E-state index in [0.717, 1.165) is 6.42 Å². The fourth-order valence-corrected chi connectivity index (χ4v) is 2.22. The minimum absolute atomic E-state index is 0.390. The van der Waals surface area contributed by atoms with Crippen LogP contribution in [0, 0.1) is 0 Å². The van der Waals surface area contributed by atoms with Gasteiger partial charge in [-0.1, -0.05) is 12.1 Å². The maximum atomic E-state index is 5.89. The fraction of sp³-hybridized carbons (Fsp3) is 0.333. The molecule has 1 saturated carbocycles. The van der Waals surface area contributed by atoms with Crippen LogP contribution in [0.25, 0.3) is 10.9 Å². The van der Waals surface area contributed by atoms with Crippen LogP contribution in [0.4, 0.5) is 0 Å². The van der Waals surface area contributed by atoms with E-state index >= 15 is 0 Å². The number of aromatic nitrogens is 1. The zero-order valence-corrected chi connectivity index (χ0v) is 8.27. The van der Waals surface area contributed by atoms with Gasteiger partial charge in [0.1, 0.15) is 0 Å². The number of benzene rings is 1. The third kappa shape index (κ3) is 1.01. The Morgan fingerprint density at radius 3 is 2.86 bits per heavy atom. The third-order valence-electron chi connectivity index (χ3n) is 3.20. The van der Waals surface area contributed by atoms with Gasteiger partial charge >= 0.3 is 0 Å². The lowest BCUT2D eigenvalue weighted by Gasteiger charge is -2.02. The van der Waals surface area contributed by atoms with Gasteiger partial charge in [-0.05, 0) is 24.1 Å². The quantitative estimate of drug-likeness (QED) is 0.725. The van der Waals surface area contributed by atoms with Crippen molar-refractivity contribution in [2.75, 3.05) is 0 Å². The summed E-state index contributed by atoms with van der Waals surface area (Å²) in [6.45, 7) is 0. The molecule has 14 heavy (non-hydrogen) atoms. The minimum atomic E-state index is 0.390. The second kappa shape index (κ2) is 2.61. The van der Waals surface area contributed by atoms with Crippen LogP contribution in [0.1, 0.15) is 17.9 Å². The summed E-state index contributed by atoms with van der Waals surface area (Å²) in [5.41, 5.74) is 8.62. The van der Waals surface area contributed by atoms with Crippen LogP contribution in [0.15, 0.2) is 30.5 Å². The first-order chi connectivity index (χ1) is 6.77. The van der Waals surface area contributed by atoms with Gasteiger partial charge in [0.05, 0.1) is 0 Å². The average molecular weight is 186 g/mol. The van der Waals surface area contributed by atoms with Crippen molar-refractivity contribution in [1.29, 1.82) is 0 Å². The third-order valence-corrected chi connectivity index (χ3v) is 3.20. The Morgan fingerprint density at radius 2 is 2.14 bits per heavy atom. The molecule has 72 valence electrons. The van der Waals surface area contributed by atoms with E-state index in [1.165, 1.54) is 16.5 Å². The van der Waals surface area contributed by atoms with Crippen LogP contribution < -0.4 is 5.73 Å². The monoisotopic (exact) mass is 186 g/mol. The number of hydrogen-bond donors (Lipinski definition) is 1. The largest absolute Gasteiger partial charge is 0.351 e. The number of rotatable bonds is 1. The Hall–Kier alpha value is -1.28.